The Morgan fingerprint density at radius 2 is 2.64 bits per heavy atom. The van der Waals surface area contributed by atoms with Crippen molar-refractivity contribution in [2.24, 2.45) is 18.8 Å². The number of hydrazine groups is 1. The summed E-state index contributed by atoms with van der Waals surface area (Å²) in [6, 6.07) is 0.263. The summed E-state index contributed by atoms with van der Waals surface area (Å²) < 4.78 is 1.82. The summed E-state index contributed by atoms with van der Waals surface area (Å²) in [5.41, 5.74) is 4.10. The van der Waals surface area contributed by atoms with Gasteiger partial charge < -0.3 is 0 Å². The standard InChI is InChI=1S/C9H16N4S/c1-13-5-8(4-11-13)9(12-10)7-2-3-14-6-7/h4-5,7,9,12H,2-3,6,10H2,1H3. The molecule has 78 valence electrons. The second-order valence-electron chi connectivity index (χ2n) is 3.72. The second-order valence-corrected chi connectivity index (χ2v) is 4.87. The molecule has 2 heterocycles. The first kappa shape index (κ1) is 10.0. The zero-order valence-electron chi connectivity index (χ0n) is 8.31. The third kappa shape index (κ3) is 1.94. The molecule has 1 aromatic rings. The van der Waals surface area contributed by atoms with Crippen LogP contribution in [0.2, 0.25) is 0 Å². The minimum Gasteiger partial charge on any atom is -0.275 e. The number of aryl methyl sites for hydroxylation is 1. The molecule has 0 aromatic carbocycles. The number of thioether (sulfide) groups is 1. The lowest BCUT2D eigenvalue weighted by Crippen LogP contribution is -2.33. The molecular weight excluding hydrogens is 196 g/mol. The fraction of sp³-hybridized carbons (Fsp3) is 0.667. The van der Waals surface area contributed by atoms with E-state index in [1.165, 1.54) is 23.5 Å². The van der Waals surface area contributed by atoms with Crippen molar-refractivity contribution in [3.63, 3.8) is 0 Å². The Morgan fingerprint density at radius 1 is 1.79 bits per heavy atom. The Labute approximate surface area is 88.2 Å². The Morgan fingerprint density at radius 3 is 3.14 bits per heavy atom. The maximum Gasteiger partial charge on any atom is 0.0538 e. The normalized spacial score (nSPS) is 24.0. The average Bonchev–Trinajstić information content (AvgIpc) is 2.79. The van der Waals surface area contributed by atoms with Gasteiger partial charge >= 0.3 is 0 Å². The Kier molecular flexibility index (Phi) is 3.10. The van der Waals surface area contributed by atoms with Crippen LogP contribution in [0, 0.1) is 5.92 Å². The molecule has 14 heavy (non-hydrogen) atoms. The number of aromatic nitrogens is 2. The second kappa shape index (κ2) is 4.33. The molecule has 5 heteroatoms. The van der Waals surface area contributed by atoms with Crippen LogP contribution in [0.1, 0.15) is 18.0 Å². The minimum absolute atomic E-state index is 0.263. The van der Waals surface area contributed by atoms with Crippen LogP contribution >= 0.6 is 11.8 Å². The third-order valence-electron chi connectivity index (χ3n) is 2.70. The first-order valence-electron chi connectivity index (χ1n) is 4.83. The van der Waals surface area contributed by atoms with E-state index in [2.05, 4.69) is 10.5 Å². The van der Waals surface area contributed by atoms with E-state index >= 15 is 0 Å². The molecule has 0 radical (unpaired) electrons. The molecule has 3 N–H and O–H groups in total. The topological polar surface area (TPSA) is 55.9 Å². The molecule has 0 aliphatic carbocycles. The Hall–Kier alpha value is -0.520. The highest BCUT2D eigenvalue weighted by atomic mass is 32.2. The molecular formula is C9H16N4S. The number of nitrogens with zero attached hydrogens (tertiary/aromatic N) is 2. The van der Waals surface area contributed by atoms with E-state index < -0.39 is 0 Å². The molecule has 1 aromatic heterocycles. The lowest BCUT2D eigenvalue weighted by atomic mass is 9.95. The highest BCUT2D eigenvalue weighted by Crippen LogP contribution is 2.33. The lowest BCUT2D eigenvalue weighted by Gasteiger charge is -2.20. The minimum atomic E-state index is 0.263. The fourth-order valence-electron chi connectivity index (χ4n) is 1.92. The van der Waals surface area contributed by atoms with Gasteiger partial charge in [0, 0.05) is 18.8 Å². The van der Waals surface area contributed by atoms with E-state index in [-0.39, 0.29) is 6.04 Å². The summed E-state index contributed by atoms with van der Waals surface area (Å²) in [5.74, 6) is 8.70. The van der Waals surface area contributed by atoms with Crippen molar-refractivity contribution in [2.45, 2.75) is 12.5 Å². The predicted octanol–water partition coefficient (Wildman–Crippen LogP) is 0.678. The van der Waals surface area contributed by atoms with Gasteiger partial charge in [-0.05, 0) is 23.8 Å². The molecule has 0 amide bonds. The summed E-state index contributed by atoms with van der Waals surface area (Å²) in [5, 5.41) is 4.17. The SMILES string of the molecule is Cn1cc(C(NN)C2CCSC2)cn1. The predicted molar refractivity (Wildman–Crippen MR) is 58.7 cm³/mol. The molecule has 4 nitrogen and oxygen atoms in total. The zero-order chi connectivity index (χ0) is 9.97. The Bertz CT molecular complexity index is 293. The third-order valence-corrected chi connectivity index (χ3v) is 3.89. The molecule has 1 aliphatic heterocycles. The fourth-order valence-corrected chi connectivity index (χ4v) is 3.22. The average molecular weight is 212 g/mol. The van der Waals surface area contributed by atoms with Crippen molar-refractivity contribution in [1.82, 2.24) is 15.2 Å². The van der Waals surface area contributed by atoms with E-state index in [9.17, 15) is 0 Å². The van der Waals surface area contributed by atoms with Gasteiger partial charge in [0.15, 0.2) is 0 Å². The molecule has 2 atom stereocenters. The molecule has 2 rings (SSSR count). The first-order valence-corrected chi connectivity index (χ1v) is 5.99. The zero-order valence-corrected chi connectivity index (χ0v) is 9.13. The maximum absolute atomic E-state index is 5.60. The molecule has 0 bridgehead atoms. The van der Waals surface area contributed by atoms with Crippen LogP contribution in [0.4, 0.5) is 0 Å². The monoisotopic (exact) mass is 212 g/mol. The quantitative estimate of drug-likeness (QED) is 0.571. The van der Waals surface area contributed by atoms with Crippen molar-refractivity contribution >= 4 is 11.8 Å². The van der Waals surface area contributed by atoms with Gasteiger partial charge in [0.2, 0.25) is 0 Å². The van der Waals surface area contributed by atoms with Crippen LogP contribution in [0.25, 0.3) is 0 Å². The van der Waals surface area contributed by atoms with Crippen molar-refractivity contribution in [3.8, 4) is 0 Å². The summed E-state index contributed by atoms with van der Waals surface area (Å²) in [6.07, 6.45) is 5.18. The van der Waals surface area contributed by atoms with Crippen LogP contribution in [-0.2, 0) is 7.05 Å². The molecule has 0 saturated carbocycles. The molecule has 1 saturated heterocycles. The van der Waals surface area contributed by atoms with Gasteiger partial charge in [-0.15, -0.1) is 0 Å². The lowest BCUT2D eigenvalue weighted by molar-refractivity contribution is 0.400. The smallest absolute Gasteiger partial charge is 0.0538 e. The first-order chi connectivity index (χ1) is 6.81. The van der Waals surface area contributed by atoms with Gasteiger partial charge in [-0.2, -0.15) is 16.9 Å². The van der Waals surface area contributed by atoms with Gasteiger partial charge in [0.05, 0.1) is 12.2 Å². The van der Waals surface area contributed by atoms with Gasteiger partial charge in [-0.25, -0.2) is 0 Å². The molecule has 2 unspecified atom stereocenters. The summed E-state index contributed by atoms with van der Waals surface area (Å²) in [4.78, 5) is 0. The number of hydrogen-bond acceptors (Lipinski definition) is 4. The molecule has 1 aliphatic rings. The summed E-state index contributed by atoms with van der Waals surface area (Å²) in [6.45, 7) is 0. The number of rotatable bonds is 3. The van der Waals surface area contributed by atoms with Gasteiger partial charge in [-0.1, -0.05) is 0 Å². The van der Waals surface area contributed by atoms with E-state index in [1.807, 2.05) is 35.9 Å². The van der Waals surface area contributed by atoms with Crippen LogP contribution in [0.3, 0.4) is 0 Å². The van der Waals surface area contributed by atoms with Crippen molar-refractivity contribution < 1.29 is 0 Å². The van der Waals surface area contributed by atoms with Gasteiger partial charge in [0.25, 0.3) is 0 Å². The summed E-state index contributed by atoms with van der Waals surface area (Å²) >= 11 is 2.00. The molecule has 0 spiro atoms. The summed E-state index contributed by atoms with van der Waals surface area (Å²) in [7, 11) is 1.93. The number of nitrogens with one attached hydrogen (secondary N) is 1. The van der Waals surface area contributed by atoms with E-state index in [0.29, 0.717) is 5.92 Å². The van der Waals surface area contributed by atoms with Crippen LogP contribution in [0.15, 0.2) is 12.4 Å². The largest absolute Gasteiger partial charge is 0.275 e. The number of hydrogen-bond donors (Lipinski definition) is 2. The Balaban J connectivity index is 2.12. The van der Waals surface area contributed by atoms with Crippen LogP contribution in [0.5, 0.6) is 0 Å². The van der Waals surface area contributed by atoms with Gasteiger partial charge in [0.1, 0.15) is 0 Å². The van der Waals surface area contributed by atoms with E-state index in [4.69, 9.17) is 5.84 Å². The molecule has 1 fully saturated rings. The highest BCUT2D eigenvalue weighted by molar-refractivity contribution is 7.99. The van der Waals surface area contributed by atoms with E-state index in [0.717, 1.165) is 0 Å². The van der Waals surface area contributed by atoms with E-state index in [1.54, 1.807) is 0 Å². The van der Waals surface area contributed by atoms with Crippen LogP contribution < -0.4 is 11.3 Å². The maximum atomic E-state index is 5.60. The van der Waals surface area contributed by atoms with Crippen molar-refractivity contribution in [1.29, 1.82) is 0 Å². The van der Waals surface area contributed by atoms with Gasteiger partial charge in [-0.3, -0.25) is 16.0 Å². The number of nitrogens with two attached hydrogens (primary N) is 1. The highest BCUT2D eigenvalue weighted by Gasteiger charge is 2.26. The van der Waals surface area contributed by atoms with Crippen molar-refractivity contribution in [2.75, 3.05) is 11.5 Å². The van der Waals surface area contributed by atoms with Crippen molar-refractivity contribution in [3.05, 3.63) is 18.0 Å². The van der Waals surface area contributed by atoms with Crippen LogP contribution in [-0.4, -0.2) is 21.3 Å².